The van der Waals surface area contributed by atoms with Gasteiger partial charge < -0.3 is 10.1 Å². The maximum atomic E-state index is 5.81. The van der Waals surface area contributed by atoms with Gasteiger partial charge in [-0.15, -0.1) is 0 Å². The first-order valence-electron chi connectivity index (χ1n) is 7.92. The van der Waals surface area contributed by atoms with Crippen molar-refractivity contribution in [3.05, 3.63) is 48.0 Å². The van der Waals surface area contributed by atoms with Crippen LogP contribution in [0.3, 0.4) is 0 Å². The maximum absolute atomic E-state index is 5.81. The summed E-state index contributed by atoms with van der Waals surface area (Å²) in [6.07, 6.45) is 1.29. The molecule has 2 rings (SSSR count). The van der Waals surface area contributed by atoms with E-state index in [0.717, 1.165) is 13.0 Å². The number of rotatable bonds is 7. The number of benzene rings is 2. The molecule has 0 heterocycles. The normalized spacial score (nSPS) is 14.5. The Morgan fingerprint density at radius 2 is 1.76 bits per heavy atom. The molecule has 0 fully saturated rings. The van der Waals surface area contributed by atoms with Crippen molar-refractivity contribution in [3.8, 4) is 0 Å². The quantitative estimate of drug-likeness (QED) is 0.805. The van der Waals surface area contributed by atoms with Gasteiger partial charge in [0.15, 0.2) is 0 Å². The molecule has 0 saturated carbocycles. The Bertz CT molecular complexity index is 559. The maximum Gasteiger partial charge on any atom is 0.0788 e. The minimum absolute atomic E-state index is 0.169. The SMILES string of the molecule is CCCNC(c1cccc2ccccc12)C(OC)C(C)C. The highest BCUT2D eigenvalue weighted by Crippen LogP contribution is 2.30. The summed E-state index contributed by atoms with van der Waals surface area (Å²) in [6, 6.07) is 15.4. The van der Waals surface area contributed by atoms with Crippen LogP contribution in [0.5, 0.6) is 0 Å². The number of methoxy groups -OCH3 is 1. The van der Waals surface area contributed by atoms with Gasteiger partial charge in [-0.3, -0.25) is 0 Å². The molecule has 2 aromatic rings. The number of ether oxygens (including phenoxy) is 1. The summed E-state index contributed by atoms with van der Waals surface area (Å²) in [5, 5.41) is 6.29. The van der Waals surface area contributed by atoms with Crippen molar-refractivity contribution in [3.63, 3.8) is 0 Å². The van der Waals surface area contributed by atoms with Gasteiger partial charge in [0, 0.05) is 7.11 Å². The van der Waals surface area contributed by atoms with E-state index in [-0.39, 0.29) is 12.1 Å². The van der Waals surface area contributed by atoms with Gasteiger partial charge >= 0.3 is 0 Å². The van der Waals surface area contributed by atoms with Crippen LogP contribution in [0.4, 0.5) is 0 Å². The van der Waals surface area contributed by atoms with Crippen LogP contribution in [-0.2, 0) is 4.74 Å². The van der Waals surface area contributed by atoms with Crippen molar-refractivity contribution in [2.75, 3.05) is 13.7 Å². The van der Waals surface area contributed by atoms with Gasteiger partial charge in [0.05, 0.1) is 12.1 Å². The number of nitrogens with one attached hydrogen (secondary N) is 1. The van der Waals surface area contributed by atoms with Crippen LogP contribution in [0, 0.1) is 5.92 Å². The zero-order valence-electron chi connectivity index (χ0n) is 13.6. The van der Waals surface area contributed by atoms with E-state index in [1.807, 2.05) is 7.11 Å². The van der Waals surface area contributed by atoms with Gasteiger partial charge in [-0.2, -0.15) is 0 Å². The summed E-state index contributed by atoms with van der Waals surface area (Å²) in [5.41, 5.74) is 1.34. The highest BCUT2D eigenvalue weighted by atomic mass is 16.5. The molecule has 21 heavy (non-hydrogen) atoms. The zero-order valence-corrected chi connectivity index (χ0v) is 13.6. The fourth-order valence-electron chi connectivity index (χ4n) is 3.02. The molecule has 2 unspecified atom stereocenters. The molecule has 0 amide bonds. The second-order valence-electron chi connectivity index (χ2n) is 5.94. The van der Waals surface area contributed by atoms with Crippen molar-refractivity contribution < 1.29 is 4.74 Å². The van der Waals surface area contributed by atoms with Gasteiger partial charge in [-0.25, -0.2) is 0 Å². The molecule has 114 valence electrons. The Hall–Kier alpha value is -1.38. The molecular formula is C19H27NO. The molecule has 2 heteroatoms. The van der Waals surface area contributed by atoms with Gasteiger partial charge in [0.2, 0.25) is 0 Å². The van der Waals surface area contributed by atoms with E-state index in [2.05, 4.69) is 68.6 Å². The predicted octanol–water partition coefficient (Wildman–Crippen LogP) is 4.55. The molecule has 2 atom stereocenters. The lowest BCUT2D eigenvalue weighted by molar-refractivity contribution is 0.0330. The number of fused-ring (bicyclic) bond motifs is 1. The minimum Gasteiger partial charge on any atom is -0.379 e. The van der Waals surface area contributed by atoms with Crippen molar-refractivity contribution in [2.24, 2.45) is 5.92 Å². The van der Waals surface area contributed by atoms with Crippen LogP contribution in [-0.4, -0.2) is 19.8 Å². The summed E-state index contributed by atoms with van der Waals surface area (Å²) in [7, 11) is 1.82. The fourth-order valence-corrected chi connectivity index (χ4v) is 3.02. The zero-order chi connectivity index (χ0) is 15.2. The average Bonchev–Trinajstić information content (AvgIpc) is 2.50. The number of hydrogen-bond donors (Lipinski definition) is 1. The van der Waals surface area contributed by atoms with E-state index in [1.165, 1.54) is 16.3 Å². The van der Waals surface area contributed by atoms with Crippen LogP contribution in [0.1, 0.15) is 38.8 Å². The second-order valence-corrected chi connectivity index (χ2v) is 5.94. The van der Waals surface area contributed by atoms with Crippen molar-refractivity contribution in [1.82, 2.24) is 5.32 Å². The van der Waals surface area contributed by atoms with Crippen LogP contribution >= 0.6 is 0 Å². The highest BCUT2D eigenvalue weighted by Gasteiger charge is 2.26. The van der Waals surface area contributed by atoms with Gasteiger partial charge in [-0.05, 0) is 35.2 Å². The van der Waals surface area contributed by atoms with Gasteiger partial charge in [0.1, 0.15) is 0 Å². The minimum atomic E-state index is 0.169. The monoisotopic (exact) mass is 285 g/mol. The molecule has 0 aliphatic rings. The molecule has 0 spiro atoms. The van der Waals surface area contributed by atoms with E-state index in [4.69, 9.17) is 4.74 Å². The molecule has 0 aliphatic carbocycles. The fraction of sp³-hybridized carbons (Fsp3) is 0.474. The smallest absolute Gasteiger partial charge is 0.0788 e. The molecule has 0 aliphatic heterocycles. The Morgan fingerprint density at radius 1 is 1.05 bits per heavy atom. The molecule has 0 saturated heterocycles. The molecule has 0 aromatic heterocycles. The van der Waals surface area contributed by atoms with Crippen molar-refractivity contribution >= 4 is 10.8 Å². The lowest BCUT2D eigenvalue weighted by Gasteiger charge is -2.31. The first-order chi connectivity index (χ1) is 10.2. The summed E-state index contributed by atoms with van der Waals surface area (Å²) in [5.74, 6) is 0.461. The molecule has 1 N–H and O–H groups in total. The Kier molecular flexibility index (Phi) is 5.77. The van der Waals surface area contributed by atoms with Crippen LogP contribution in [0.15, 0.2) is 42.5 Å². The summed E-state index contributed by atoms with van der Waals surface area (Å²) in [4.78, 5) is 0. The third kappa shape index (κ3) is 3.63. The van der Waals surface area contributed by atoms with E-state index < -0.39 is 0 Å². The molecule has 2 nitrogen and oxygen atoms in total. The molecule has 2 aromatic carbocycles. The molecular weight excluding hydrogens is 258 g/mol. The van der Waals surface area contributed by atoms with Gasteiger partial charge in [0.25, 0.3) is 0 Å². The first kappa shape index (κ1) is 16.0. The standard InChI is InChI=1S/C19H27NO/c1-5-13-20-18(19(21-4)14(2)3)17-12-8-10-15-9-6-7-11-16(15)17/h6-12,14,18-20H,5,13H2,1-4H3. The van der Waals surface area contributed by atoms with Crippen molar-refractivity contribution in [2.45, 2.75) is 39.3 Å². The average molecular weight is 285 g/mol. The molecule has 0 radical (unpaired) electrons. The highest BCUT2D eigenvalue weighted by molar-refractivity contribution is 5.86. The first-order valence-corrected chi connectivity index (χ1v) is 7.92. The predicted molar refractivity (Wildman–Crippen MR) is 90.6 cm³/mol. The summed E-state index contributed by atoms with van der Waals surface area (Å²) in [6.45, 7) is 7.64. The summed E-state index contributed by atoms with van der Waals surface area (Å²) < 4.78 is 5.81. The lowest BCUT2D eigenvalue weighted by Crippen LogP contribution is -2.37. The Balaban J connectivity index is 2.47. The van der Waals surface area contributed by atoms with Crippen LogP contribution < -0.4 is 5.32 Å². The van der Waals surface area contributed by atoms with Crippen molar-refractivity contribution in [1.29, 1.82) is 0 Å². The van der Waals surface area contributed by atoms with E-state index in [1.54, 1.807) is 0 Å². The summed E-state index contributed by atoms with van der Waals surface area (Å²) >= 11 is 0. The Morgan fingerprint density at radius 3 is 2.43 bits per heavy atom. The van der Waals surface area contributed by atoms with E-state index >= 15 is 0 Å². The van der Waals surface area contributed by atoms with E-state index in [0.29, 0.717) is 5.92 Å². The van der Waals surface area contributed by atoms with Crippen LogP contribution in [0.2, 0.25) is 0 Å². The van der Waals surface area contributed by atoms with Gasteiger partial charge in [-0.1, -0.05) is 63.2 Å². The Labute approximate surface area is 128 Å². The largest absolute Gasteiger partial charge is 0.379 e. The number of hydrogen-bond acceptors (Lipinski definition) is 2. The van der Waals surface area contributed by atoms with Crippen LogP contribution in [0.25, 0.3) is 10.8 Å². The molecule has 0 bridgehead atoms. The lowest BCUT2D eigenvalue weighted by atomic mass is 9.90. The van der Waals surface area contributed by atoms with E-state index in [9.17, 15) is 0 Å². The third-order valence-electron chi connectivity index (χ3n) is 4.03. The third-order valence-corrected chi connectivity index (χ3v) is 4.03. The second kappa shape index (κ2) is 7.58. The topological polar surface area (TPSA) is 21.3 Å².